The van der Waals surface area contributed by atoms with Gasteiger partial charge in [-0.25, -0.2) is 4.79 Å². The Balaban J connectivity index is 2.49. The number of aromatic nitrogens is 2. The van der Waals surface area contributed by atoms with E-state index < -0.39 is 0 Å². The molecule has 6 nitrogen and oxygen atoms in total. The zero-order chi connectivity index (χ0) is 15.0. The topological polar surface area (TPSA) is 87.1 Å². The van der Waals surface area contributed by atoms with Crippen molar-refractivity contribution < 1.29 is 9.90 Å². The molecule has 1 rings (SSSR count). The minimum absolute atomic E-state index is 0.0399. The van der Waals surface area contributed by atoms with E-state index in [1.165, 1.54) is 11.3 Å². The molecule has 2 amide bonds. The molecule has 7 heteroatoms. The van der Waals surface area contributed by atoms with E-state index in [0.29, 0.717) is 18.1 Å². The third-order valence-electron chi connectivity index (χ3n) is 3.76. The number of aryl methyl sites for hydroxylation is 1. The first-order valence-electron chi connectivity index (χ1n) is 7.07. The Morgan fingerprint density at radius 2 is 2.00 bits per heavy atom. The van der Waals surface area contributed by atoms with Crippen molar-refractivity contribution >= 4 is 22.5 Å². The van der Waals surface area contributed by atoms with Crippen LogP contribution in [0.3, 0.4) is 0 Å². The summed E-state index contributed by atoms with van der Waals surface area (Å²) in [6, 6.07) is -0.270. The summed E-state index contributed by atoms with van der Waals surface area (Å²) in [5, 5.41) is 24.0. The highest BCUT2D eigenvalue weighted by molar-refractivity contribution is 7.15. The second kappa shape index (κ2) is 8.16. The number of urea groups is 1. The number of aliphatic hydroxyl groups excluding tert-OH is 1. The fourth-order valence-electron chi connectivity index (χ4n) is 2.04. The highest BCUT2D eigenvalue weighted by Gasteiger charge is 2.26. The van der Waals surface area contributed by atoms with Gasteiger partial charge < -0.3 is 10.4 Å². The van der Waals surface area contributed by atoms with Gasteiger partial charge in [-0.05, 0) is 31.1 Å². The zero-order valence-electron chi connectivity index (χ0n) is 12.4. The van der Waals surface area contributed by atoms with Crippen LogP contribution in [0.2, 0.25) is 0 Å². The molecule has 1 heterocycles. The molecule has 3 N–H and O–H groups in total. The van der Waals surface area contributed by atoms with Crippen LogP contribution in [0.4, 0.5) is 9.93 Å². The lowest BCUT2D eigenvalue weighted by Crippen LogP contribution is -2.39. The number of hydrogen-bond acceptors (Lipinski definition) is 5. The van der Waals surface area contributed by atoms with Crippen LogP contribution < -0.4 is 10.6 Å². The van der Waals surface area contributed by atoms with E-state index in [1.807, 2.05) is 6.92 Å². The number of amides is 2. The summed E-state index contributed by atoms with van der Waals surface area (Å²) in [5.74, 6) is 0. The van der Waals surface area contributed by atoms with Crippen LogP contribution in [0.1, 0.15) is 45.0 Å². The zero-order valence-corrected chi connectivity index (χ0v) is 13.2. The lowest BCUT2D eigenvalue weighted by molar-refractivity contribution is 0.165. The van der Waals surface area contributed by atoms with E-state index in [9.17, 15) is 4.79 Å². The molecule has 0 saturated carbocycles. The Hall–Kier alpha value is -1.21. The first-order valence-corrected chi connectivity index (χ1v) is 7.88. The summed E-state index contributed by atoms with van der Waals surface area (Å²) in [6.45, 7) is 6.84. The van der Waals surface area contributed by atoms with Crippen molar-refractivity contribution in [1.29, 1.82) is 0 Å². The van der Waals surface area contributed by atoms with Gasteiger partial charge >= 0.3 is 6.03 Å². The van der Waals surface area contributed by atoms with Crippen LogP contribution in [-0.4, -0.2) is 34.5 Å². The van der Waals surface area contributed by atoms with Crippen molar-refractivity contribution in [1.82, 2.24) is 15.5 Å². The number of nitrogens with zero attached hydrogens (tertiary/aromatic N) is 2. The molecule has 20 heavy (non-hydrogen) atoms. The fraction of sp³-hybridized carbons (Fsp3) is 0.769. The summed E-state index contributed by atoms with van der Waals surface area (Å²) < 4.78 is 0. The van der Waals surface area contributed by atoms with Gasteiger partial charge in [0.25, 0.3) is 0 Å². The van der Waals surface area contributed by atoms with Gasteiger partial charge in [0.2, 0.25) is 5.13 Å². The molecule has 114 valence electrons. The average Bonchev–Trinajstić information content (AvgIpc) is 2.91. The molecule has 0 aliphatic rings. The maximum Gasteiger partial charge on any atom is 0.321 e. The summed E-state index contributed by atoms with van der Waals surface area (Å²) in [4.78, 5) is 11.8. The lowest BCUT2D eigenvalue weighted by Gasteiger charge is -2.31. The summed E-state index contributed by atoms with van der Waals surface area (Å²) in [5.41, 5.74) is -0.0399. The highest BCUT2D eigenvalue weighted by atomic mass is 32.1. The predicted molar refractivity (Wildman–Crippen MR) is 81.0 cm³/mol. The van der Waals surface area contributed by atoms with E-state index in [-0.39, 0.29) is 18.1 Å². The third kappa shape index (κ3) is 4.72. The SMILES string of the molecule is CCc1nnc(NC(=O)NCC(CC)(CC)CCO)s1. The Bertz CT molecular complexity index is 418. The Morgan fingerprint density at radius 1 is 1.30 bits per heavy atom. The van der Waals surface area contributed by atoms with Crippen LogP contribution in [0.5, 0.6) is 0 Å². The standard InChI is InChI=1S/C13H24N4O2S/c1-4-10-16-17-12(20-10)15-11(19)14-9-13(5-2,6-3)7-8-18/h18H,4-9H2,1-3H3,(H2,14,15,17,19). The quantitative estimate of drug-likeness (QED) is 0.688. The minimum atomic E-state index is -0.270. The van der Waals surface area contributed by atoms with Crippen LogP contribution in [-0.2, 0) is 6.42 Å². The number of anilines is 1. The highest BCUT2D eigenvalue weighted by Crippen LogP contribution is 2.29. The van der Waals surface area contributed by atoms with Gasteiger partial charge in [-0.1, -0.05) is 32.1 Å². The number of aliphatic hydroxyl groups is 1. The van der Waals surface area contributed by atoms with Crippen molar-refractivity contribution in [3.05, 3.63) is 5.01 Å². The minimum Gasteiger partial charge on any atom is -0.396 e. The van der Waals surface area contributed by atoms with E-state index in [1.54, 1.807) is 0 Å². The summed E-state index contributed by atoms with van der Waals surface area (Å²) in [7, 11) is 0. The van der Waals surface area contributed by atoms with Crippen molar-refractivity contribution in [2.24, 2.45) is 5.41 Å². The molecule has 0 saturated heterocycles. The maximum absolute atomic E-state index is 11.8. The summed E-state index contributed by atoms with van der Waals surface area (Å²) >= 11 is 1.38. The van der Waals surface area contributed by atoms with Crippen molar-refractivity contribution in [2.45, 2.75) is 46.5 Å². The molecule has 0 fully saturated rings. The third-order valence-corrected chi connectivity index (χ3v) is 4.74. The number of carbonyl (C=O) groups is 1. The van der Waals surface area contributed by atoms with Crippen LogP contribution in [0, 0.1) is 5.41 Å². The Kier molecular flexibility index (Phi) is 6.87. The number of nitrogens with one attached hydrogen (secondary N) is 2. The second-order valence-corrected chi connectivity index (χ2v) is 5.90. The molecular formula is C13H24N4O2S. The van der Waals surface area contributed by atoms with E-state index in [4.69, 9.17) is 5.11 Å². The van der Waals surface area contributed by atoms with Crippen LogP contribution >= 0.6 is 11.3 Å². The molecule has 0 aromatic carbocycles. The normalized spacial score (nSPS) is 11.4. The Labute approximate surface area is 124 Å². The lowest BCUT2D eigenvalue weighted by atomic mass is 9.79. The predicted octanol–water partition coefficient (Wildman–Crippen LogP) is 2.41. The van der Waals surface area contributed by atoms with Crippen molar-refractivity contribution in [3.63, 3.8) is 0 Å². The monoisotopic (exact) mass is 300 g/mol. The van der Waals surface area contributed by atoms with Gasteiger partial charge in [0.1, 0.15) is 5.01 Å². The van der Waals surface area contributed by atoms with Crippen LogP contribution in [0.25, 0.3) is 0 Å². The second-order valence-electron chi connectivity index (χ2n) is 4.84. The van der Waals surface area contributed by atoms with E-state index in [0.717, 1.165) is 24.3 Å². The van der Waals surface area contributed by atoms with Gasteiger partial charge in [0.05, 0.1) is 0 Å². The van der Waals surface area contributed by atoms with Crippen molar-refractivity contribution in [3.8, 4) is 0 Å². The largest absolute Gasteiger partial charge is 0.396 e. The Morgan fingerprint density at radius 3 is 2.50 bits per heavy atom. The molecular weight excluding hydrogens is 276 g/mol. The van der Waals surface area contributed by atoms with Gasteiger partial charge in [0.15, 0.2) is 0 Å². The first-order chi connectivity index (χ1) is 9.59. The number of rotatable bonds is 8. The molecule has 0 aliphatic carbocycles. The molecule has 0 spiro atoms. The average molecular weight is 300 g/mol. The smallest absolute Gasteiger partial charge is 0.321 e. The first kappa shape index (κ1) is 16.8. The van der Waals surface area contributed by atoms with Crippen LogP contribution in [0.15, 0.2) is 0 Å². The van der Waals surface area contributed by atoms with Gasteiger partial charge in [-0.3, -0.25) is 5.32 Å². The molecule has 1 aromatic rings. The molecule has 0 radical (unpaired) electrons. The van der Waals surface area contributed by atoms with Gasteiger partial charge in [-0.15, -0.1) is 10.2 Å². The molecule has 0 aliphatic heterocycles. The molecule has 1 aromatic heterocycles. The molecule has 0 bridgehead atoms. The fourth-order valence-corrected chi connectivity index (χ4v) is 2.71. The van der Waals surface area contributed by atoms with Gasteiger partial charge in [0, 0.05) is 13.2 Å². The van der Waals surface area contributed by atoms with E-state index in [2.05, 4.69) is 34.7 Å². The van der Waals surface area contributed by atoms with Crippen molar-refractivity contribution in [2.75, 3.05) is 18.5 Å². The number of hydrogen-bond donors (Lipinski definition) is 3. The molecule has 0 unspecified atom stereocenters. The summed E-state index contributed by atoms with van der Waals surface area (Å²) in [6.07, 6.45) is 3.34. The maximum atomic E-state index is 11.8. The van der Waals surface area contributed by atoms with Gasteiger partial charge in [-0.2, -0.15) is 0 Å². The van der Waals surface area contributed by atoms with E-state index >= 15 is 0 Å². The molecule has 0 atom stereocenters. The number of carbonyl (C=O) groups excluding carboxylic acids is 1.